The monoisotopic (exact) mass is 447 g/mol. The largest absolute Gasteiger partial charge is 0.492 e. The number of rotatable bonds is 10. The van der Waals surface area contributed by atoms with Gasteiger partial charge in [-0.15, -0.1) is 0 Å². The fourth-order valence-electron chi connectivity index (χ4n) is 3.82. The number of hydrogen-bond donors (Lipinski definition) is 3. The van der Waals surface area contributed by atoms with Crippen molar-refractivity contribution in [3.05, 3.63) is 72.3 Å². The molecular formula is C26H29N3O4. The minimum absolute atomic E-state index is 0.0607. The summed E-state index contributed by atoms with van der Waals surface area (Å²) in [6, 6.07) is 21.6. The van der Waals surface area contributed by atoms with Gasteiger partial charge in [-0.1, -0.05) is 55.5 Å². The molecule has 0 radical (unpaired) electrons. The second kappa shape index (κ2) is 10.9. The first-order valence-corrected chi connectivity index (χ1v) is 11.2. The van der Waals surface area contributed by atoms with Crippen molar-refractivity contribution in [3.8, 4) is 11.5 Å². The lowest BCUT2D eigenvalue weighted by atomic mass is 9.94. The number of carbonyl (C=O) groups is 1. The van der Waals surface area contributed by atoms with E-state index in [0.717, 1.165) is 33.5 Å². The number of carbonyl (C=O) groups excluding carboxylic acids is 1. The van der Waals surface area contributed by atoms with E-state index in [9.17, 15) is 9.90 Å². The van der Waals surface area contributed by atoms with Crippen molar-refractivity contribution in [2.24, 2.45) is 11.0 Å². The van der Waals surface area contributed by atoms with Crippen LogP contribution < -0.4 is 20.2 Å². The predicted molar refractivity (Wildman–Crippen MR) is 129 cm³/mol. The molecule has 0 fully saturated rings. The number of hydrogen-bond acceptors (Lipinski definition) is 6. The first kappa shape index (κ1) is 22.8. The van der Waals surface area contributed by atoms with E-state index in [1.807, 2.05) is 73.7 Å². The summed E-state index contributed by atoms with van der Waals surface area (Å²) in [6.45, 7) is 3.65. The maximum Gasteiger partial charge on any atom is 0.240 e. The van der Waals surface area contributed by atoms with E-state index in [2.05, 4.69) is 15.8 Å². The molecule has 0 aliphatic carbocycles. The molecule has 0 aromatic heterocycles. The number of aliphatic hydroxyl groups excluding tert-OH is 1. The molecule has 2 atom stereocenters. The molecule has 1 amide bonds. The Kier molecular flexibility index (Phi) is 7.55. The molecule has 7 heteroatoms. The Labute approximate surface area is 193 Å². The number of nitrogens with one attached hydrogen (secondary N) is 2. The van der Waals surface area contributed by atoms with Crippen LogP contribution in [0.3, 0.4) is 0 Å². The van der Waals surface area contributed by atoms with E-state index in [-0.39, 0.29) is 18.4 Å². The quantitative estimate of drug-likeness (QED) is 0.416. The highest BCUT2D eigenvalue weighted by Gasteiger charge is 2.21. The van der Waals surface area contributed by atoms with Gasteiger partial charge in [-0.3, -0.25) is 4.79 Å². The summed E-state index contributed by atoms with van der Waals surface area (Å²) in [7, 11) is 0. The average molecular weight is 448 g/mol. The van der Waals surface area contributed by atoms with Crippen LogP contribution in [0.4, 0.5) is 0 Å². The Morgan fingerprint density at radius 2 is 1.94 bits per heavy atom. The van der Waals surface area contributed by atoms with E-state index >= 15 is 0 Å². The third kappa shape index (κ3) is 6.09. The molecule has 33 heavy (non-hydrogen) atoms. The SMILES string of the molecule is CC1CC(=O)NN=C1c1cccc(OCCNCC(O)COc2cccc3ccccc23)c1. The molecule has 3 aromatic rings. The van der Waals surface area contributed by atoms with Gasteiger partial charge in [-0.25, -0.2) is 5.43 Å². The zero-order valence-electron chi connectivity index (χ0n) is 18.7. The van der Waals surface area contributed by atoms with Gasteiger partial charge >= 0.3 is 0 Å². The van der Waals surface area contributed by atoms with Gasteiger partial charge in [0.2, 0.25) is 5.91 Å². The van der Waals surface area contributed by atoms with Crippen molar-refractivity contribution in [1.29, 1.82) is 0 Å². The van der Waals surface area contributed by atoms with Crippen molar-refractivity contribution in [2.75, 3.05) is 26.3 Å². The van der Waals surface area contributed by atoms with E-state index in [0.29, 0.717) is 26.1 Å². The molecule has 0 bridgehead atoms. The van der Waals surface area contributed by atoms with Crippen LogP contribution in [0.15, 0.2) is 71.8 Å². The number of amides is 1. The van der Waals surface area contributed by atoms with Crippen LogP contribution in [0.5, 0.6) is 11.5 Å². The molecule has 3 N–H and O–H groups in total. The third-order valence-corrected chi connectivity index (χ3v) is 5.50. The van der Waals surface area contributed by atoms with Gasteiger partial charge in [-0.05, 0) is 23.6 Å². The highest BCUT2D eigenvalue weighted by molar-refractivity contribution is 6.05. The highest BCUT2D eigenvalue weighted by Crippen LogP contribution is 2.25. The van der Waals surface area contributed by atoms with Gasteiger partial charge in [0, 0.05) is 36.4 Å². The summed E-state index contributed by atoms with van der Waals surface area (Å²) < 4.78 is 11.7. The lowest BCUT2D eigenvalue weighted by Gasteiger charge is -2.19. The van der Waals surface area contributed by atoms with Gasteiger partial charge in [-0.2, -0.15) is 5.10 Å². The molecule has 0 saturated carbocycles. The maximum atomic E-state index is 11.5. The lowest BCUT2D eigenvalue weighted by molar-refractivity contribution is -0.121. The van der Waals surface area contributed by atoms with Crippen molar-refractivity contribution in [2.45, 2.75) is 19.4 Å². The summed E-state index contributed by atoms with van der Waals surface area (Å²) in [5, 5.41) is 19.8. The topological polar surface area (TPSA) is 92.2 Å². The Morgan fingerprint density at radius 1 is 1.12 bits per heavy atom. The zero-order valence-corrected chi connectivity index (χ0v) is 18.7. The zero-order chi connectivity index (χ0) is 23.0. The molecule has 1 aliphatic heterocycles. The van der Waals surface area contributed by atoms with Gasteiger partial charge in [0.15, 0.2) is 0 Å². The van der Waals surface area contributed by atoms with Crippen LogP contribution in [-0.2, 0) is 4.79 Å². The van der Waals surface area contributed by atoms with Crippen molar-refractivity contribution in [3.63, 3.8) is 0 Å². The van der Waals surface area contributed by atoms with Crippen molar-refractivity contribution >= 4 is 22.4 Å². The average Bonchev–Trinajstić information content (AvgIpc) is 2.82. The van der Waals surface area contributed by atoms with Crippen molar-refractivity contribution in [1.82, 2.24) is 10.7 Å². The number of ether oxygens (including phenoxy) is 2. The lowest BCUT2D eigenvalue weighted by Crippen LogP contribution is -2.33. The molecular weight excluding hydrogens is 418 g/mol. The molecule has 0 saturated heterocycles. The van der Waals surface area contributed by atoms with Gasteiger partial charge in [0.05, 0.1) is 5.71 Å². The van der Waals surface area contributed by atoms with E-state index in [1.165, 1.54) is 0 Å². The van der Waals surface area contributed by atoms with Crippen LogP contribution in [0.25, 0.3) is 10.8 Å². The molecule has 1 heterocycles. The summed E-state index contributed by atoms with van der Waals surface area (Å²) in [5.74, 6) is 1.51. The standard InChI is InChI=1S/C26H29N3O4/c1-18-14-25(31)28-29-26(18)20-8-4-9-22(15-20)32-13-12-27-16-21(30)17-33-24-11-5-7-19-6-2-3-10-23(19)24/h2-11,15,18,21,27,30H,12-14,16-17H2,1H3,(H,28,31). The van der Waals surface area contributed by atoms with Gasteiger partial charge in [0.25, 0.3) is 0 Å². The van der Waals surface area contributed by atoms with Gasteiger partial charge in [0.1, 0.15) is 30.8 Å². The number of benzene rings is 3. The number of nitrogens with zero attached hydrogens (tertiary/aromatic N) is 1. The Morgan fingerprint density at radius 3 is 2.82 bits per heavy atom. The molecule has 3 aromatic carbocycles. The maximum absolute atomic E-state index is 11.5. The van der Waals surface area contributed by atoms with E-state index < -0.39 is 6.10 Å². The minimum atomic E-state index is -0.631. The summed E-state index contributed by atoms with van der Waals surface area (Å²) in [6.07, 6.45) is -0.200. The number of fused-ring (bicyclic) bond motifs is 1. The van der Waals surface area contributed by atoms with E-state index in [4.69, 9.17) is 9.47 Å². The minimum Gasteiger partial charge on any atom is -0.492 e. The van der Waals surface area contributed by atoms with Crippen LogP contribution in [-0.4, -0.2) is 49.1 Å². The second-order valence-electron chi connectivity index (χ2n) is 8.16. The molecule has 4 rings (SSSR count). The first-order chi connectivity index (χ1) is 16.1. The number of aliphatic hydroxyl groups is 1. The molecule has 1 aliphatic rings. The third-order valence-electron chi connectivity index (χ3n) is 5.50. The fraction of sp³-hybridized carbons (Fsp3) is 0.308. The number of hydrazone groups is 1. The molecule has 2 unspecified atom stereocenters. The molecule has 7 nitrogen and oxygen atoms in total. The fourth-order valence-corrected chi connectivity index (χ4v) is 3.82. The van der Waals surface area contributed by atoms with E-state index in [1.54, 1.807) is 0 Å². The van der Waals surface area contributed by atoms with Crippen LogP contribution >= 0.6 is 0 Å². The Hall–Kier alpha value is -3.42. The second-order valence-corrected chi connectivity index (χ2v) is 8.16. The molecule has 0 spiro atoms. The summed E-state index contributed by atoms with van der Waals surface area (Å²) >= 11 is 0. The van der Waals surface area contributed by atoms with Crippen LogP contribution in [0, 0.1) is 5.92 Å². The van der Waals surface area contributed by atoms with Crippen LogP contribution in [0.2, 0.25) is 0 Å². The Bertz CT molecular complexity index is 1130. The van der Waals surface area contributed by atoms with Crippen molar-refractivity contribution < 1.29 is 19.4 Å². The summed E-state index contributed by atoms with van der Waals surface area (Å²) in [4.78, 5) is 11.5. The molecule has 172 valence electrons. The Balaban J connectivity index is 1.19. The normalized spacial score (nSPS) is 16.7. The highest BCUT2D eigenvalue weighted by atomic mass is 16.5. The van der Waals surface area contributed by atoms with Gasteiger partial charge < -0.3 is 19.9 Å². The summed E-state index contributed by atoms with van der Waals surface area (Å²) in [5.41, 5.74) is 4.34. The first-order valence-electron chi connectivity index (χ1n) is 11.2. The smallest absolute Gasteiger partial charge is 0.240 e. The van der Waals surface area contributed by atoms with Crippen LogP contribution in [0.1, 0.15) is 18.9 Å². The predicted octanol–water partition coefficient (Wildman–Crippen LogP) is 3.11.